The average molecular weight is 369 g/mol. The van der Waals surface area contributed by atoms with Gasteiger partial charge in [-0.2, -0.15) is 0 Å². The van der Waals surface area contributed by atoms with Crippen molar-refractivity contribution in [1.29, 1.82) is 0 Å². The van der Waals surface area contributed by atoms with Gasteiger partial charge in [-0.1, -0.05) is 42.5 Å². The van der Waals surface area contributed by atoms with Crippen molar-refractivity contribution < 1.29 is 24.2 Å². The number of carbonyl (C=O) groups is 2. The maximum Gasteiger partial charge on any atom is 0.412 e. The fourth-order valence-electron chi connectivity index (χ4n) is 2.10. The first kappa shape index (κ1) is 20.0. The minimum Gasteiger partial charge on any atom is -0.508 e. The highest BCUT2D eigenvalue weighted by Crippen LogP contribution is 2.14. The van der Waals surface area contributed by atoms with Crippen molar-refractivity contribution in [1.82, 2.24) is 5.32 Å². The fourth-order valence-corrected chi connectivity index (χ4v) is 2.10. The Hall–Kier alpha value is -3.28. The van der Waals surface area contributed by atoms with E-state index in [1.54, 1.807) is 32.9 Å². The molecule has 6 heteroatoms. The lowest BCUT2D eigenvalue weighted by Gasteiger charge is -2.20. The van der Waals surface area contributed by atoms with Gasteiger partial charge in [-0.25, -0.2) is 9.59 Å². The maximum atomic E-state index is 12.5. The van der Waals surface area contributed by atoms with Gasteiger partial charge in [0.2, 0.25) is 0 Å². The number of esters is 1. The molecule has 142 valence electrons. The molecule has 0 aliphatic carbocycles. The van der Waals surface area contributed by atoms with E-state index in [1.165, 1.54) is 18.2 Å². The Kier molecular flexibility index (Phi) is 6.60. The van der Waals surface area contributed by atoms with E-state index >= 15 is 0 Å². The Morgan fingerprint density at radius 1 is 1.04 bits per heavy atom. The van der Waals surface area contributed by atoms with Crippen LogP contribution in [-0.4, -0.2) is 22.8 Å². The van der Waals surface area contributed by atoms with E-state index in [0.29, 0.717) is 5.56 Å². The molecule has 27 heavy (non-hydrogen) atoms. The van der Waals surface area contributed by atoms with Crippen LogP contribution >= 0.6 is 0 Å². The van der Waals surface area contributed by atoms with E-state index in [-0.39, 0.29) is 18.1 Å². The Morgan fingerprint density at radius 2 is 1.67 bits per heavy atom. The SMILES string of the molecule is CC(C)(C)OC(=O)N/C(=C\c1ccc(O)cc1)C(=O)OCc1ccccc1. The zero-order chi connectivity index (χ0) is 19.9. The number of hydrogen-bond acceptors (Lipinski definition) is 5. The zero-order valence-electron chi connectivity index (χ0n) is 15.6. The van der Waals surface area contributed by atoms with Crippen molar-refractivity contribution in [2.24, 2.45) is 0 Å². The van der Waals surface area contributed by atoms with Gasteiger partial charge in [0.05, 0.1) is 0 Å². The molecule has 0 fully saturated rings. The van der Waals surface area contributed by atoms with Gasteiger partial charge < -0.3 is 14.6 Å². The minimum atomic E-state index is -0.760. The molecule has 2 aromatic rings. The lowest BCUT2D eigenvalue weighted by atomic mass is 10.2. The predicted molar refractivity (Wildman–Crippen MR) is 102 cm³/mol. The standard InChI is InChI=1S/C21H23NO5/c1-21(2,3)27-20(25)22-18(13-15-9-11-17(23)12-10-15)19(24)26-14-16-7-5-4-6-8-16/h4-13,23H,14H2,1-3H3,(H,22,25)/b18-13-. The first-order chi connectivity index (χ1) is 12.7. The van der Waals surface area contributed by atoms with Gasteiger partial charge in [0, 0.05) is 0 Å². The summed E-state index contributed by atoms with van der Waals surface area (Å²) in [5.41, 5.74) is 0.662. The summed E-state index contributed by atoms with van der Waals surface area (Å²) in [6, 6.07) is 15.4. The van der Waals surface area contributed by atoms with Crippen molar-refractivity contribution in [2.45, 2.75) is 33.0 Å². The zero-order valence-corrected chi connectivity index (χ0v) is 15.6. The first-order valence-electron chi connectivity index (χ1n) is 8.45. The van der Waals surface area contributed by atoms with Gasteiger partial charge in [-0.3, -0.25) is 5.32 Å². The number of phenolic OH excluding ortho intramolecular Hbond substituents is 1. The summed E-state index contributed by atoms with van der Waals surface area (Å²) in [5.74, 6) is -0.599. The number of rotatable bonds is 5. The van der Waals surface area contributed by atoms with E-state index < -0.39 is 17.7 Å². The summed E-state index contributed by atoms with van der Waals surface area (Å²) >= 11 is 0. The Labute approximate surface area is 158 Å². The van der Waals surface area contributed by atoms with Gasteiger partial charge in [0.25, 0.3) is 0 Å². The van der Waals surface area contributed by atoms with E-state index in [1.807, 2.05) is 30.3 Å². The average Bonchev–Trinajstić information content (AvgIpc) is 2.60. The molecule has 2 rings (SSSR count). The molecule has 0 aromatic heterocycles. The van der Waals surface area contributed by atoms with Crippen LogP contribution < -0.4 is 5.32 Å². The lowest BCUT2D eigenvalue weighted by molar-refractivity contribution is -0.140. The predicted octanol–water partition coefficient (Wildman–Crippen LogP) is 4.00. The molecule has 0 heterocycles. The largest absolute Gasteiger partial charge is 0.508 e. The summed E-state index contributed by atoms with van der Waals surface area (Å²) in [4.78, 5) is 24.5. The summed E-state index contributed by atoms with van der Waals surface area (Å²) < 4.78 is 10.5. The minimum absolute atomic E-state index is 0.0640. The van der Waals surface area contributed by atoms with Gasteiger partial charge in [0.1, 0.15) is 23.7 Å². The molecule has 0 aliphatic heterocycles. The van der Waals surface area contributed by atoms with Crippen molar-refractivity contribution in [3.63, 3.8) is 0 Å². The van der Waals surface area contributed by atoms with Crippen molar-refractivity contribution in [3.8, 4) is 5.75 Å². The number of carbonyl (C=O) groups excluding carboxylic acids is 2. The molecule has 0 spiro atoms. The van der Waals surface area contributed by atoms with Gasteiger partial charge in [-0.05, 0) is 50.1 Å². The molecule has 0 saturated carbocycles. The third kappa shape index (κ3) is 7.23. The number of aromatic hydroxyl groups is 1. The van der Waals surface area contributed by atoms with Crippen LogP contribution in [0.2, 0.25) is 0 Å². The summed E-state index contributed by atoms with van der Waals surface area (Å²) in [6.45, 7) is 5.25. The van der Waals surface area contributed by atoms with Crippen LogP contribution in [-0.2, 0) is 20.9 Å². The highest BCUT2D eigenvalue weighted by molar-refractivity contribution is 5.96. The fraction of sp³-hybridized carbons (Fsp3) is 0.238. The normalized spacial score (nSPS) is 11.6. The highest BCUT2D eigenvalue weighted by Gasteiger charge is 2.20. The van der Waals surface area contributed by atoms with Crippen LogP contribution in [0.1, 0.15) is 31.9 Å². The molecule has 6 nitrogen and oxygen atoms in total. The molecular weight excluding hydrogens is 346 g/mol. The van der Waals surface area contributed by atoms with Crippen LogP contribution in [0.5, 0.6) is 5.75 Å². The summed E-state index contributed by atoms with van der Waals surface area (Å²) in [5, 5.41) is 11.8. The monoisotopic (exact) mass is 369 g/mol. The number of phenols is 1. The molecule has 2 aromatic carbocycles. The molecule has 2 N–H and O–H groups in total. The van der Waals surface area contributed by atoms with Crippen LogP contribution in [0.15, 0.2) is 60.3 Å². The van der Waals surface area contributed by atoms with Crippen molar-refractivity contribution in [2.75, 3.05) is 0 Å². The van der Waals surface area contributed by atoms with Crippen LogP contribution in [0.4, 0.5) is 4.79 Å². The quantitative estimate of drug-likeness (QED) is 0.615. The number of nitrogens with one attached hydrogen (secondary N) is 1. The maximum absolute atomic E-state index is 12.5. The van der Waals surface area contributed by atoms with E-state index in [4.69, 9.17) is 9.47 Å². The third-order valence-electron chi connectivity index (χ3n) is 3.27. The van der Waals surface area contributed by atoms with E-state index in [0.717, 1.165) is 5.56 Å². The molecule has 0 atom stereocenters. The molecule has 0 bridgehead atoms. The Morgan fingerprint density at radius 3 is 2.26 bits per heavy atom. The van der Waals surface area contributed by atoms with Crippen LogP contribution in [0, 0.1) is 0 Å². The molecule has 0 unspecified atom stereocenters. The van der Waals surface area contributed by atoms with Gasteiger partial charge in [-0.15, -0.1) is 0 Å². The number of hydrogen-bond donors (Lipinski definition) is 2. The van der Waals surface area contributed by atoms with Gasteiger partial charge in [0.15, 0.2) is 0 Å². The van der Waals surface area contributed by atoms with Crippen molar-refractivity contribution >= 4 is 18.1 Å². The second-order valence-corrected chi connectivity index (χ2v) is 6.84. The molecule has 1 amide bonds. The summed E-state index contributed by atoms with van der Waals surface area (Å²) in [6.07, 6.45) is 0.695. The topological polar surface area (TPSA) is 84.9 Å². The Balaban J connectivity index is 2.16. The van der Waals surface area contributed by atoms with E-state index in [9.17, 15) is 14.7 Å². The highest BCUT2D eigenvalue weighted by atomic mass is 16.6. The third-order valence-corrected chi connectivity index (χ3v) is 3.27. The second kappa shape index (κ2) is 8.89. The summed E-state index contributed by atoms with van der Waals surface area (Å²) in [7, 11) is 0. The Bertz CT molecular complexity index is 805. The van der Waals surface area contributed by atoms with Gasteiger partial charge >= 0.3 is 12.1 Å². The molecule has 0 aliphatic rings. The number of alkyl carbamates (subject to hydrolysis) is 1. The van der Waals surface area contributed by atoms with E-state index in [2.05, 4.69) is 5.32 Å². The number of amides is 1. The molecule has 0 saturated heterocycles. The van der Waals surface area contributed by atoms with Crippen molar-refractivity contribution in [3.05, 3.63) is 71.4 Å². The molecule has 0 radical (unpaired) electrons. The second-order valence-electron chi connectivity index (χ2n) is 6.84. The first-order valence-corrected chi connectivity index (χ1v) is 8.45. The van der Waals surface area contributed by atoms with Crippen LogP contribution in [0.25, 0.3) is 6.08 Å². The molecular formula is C21H23NO5. The smallest absolute Gasteiger partial charge is 0.412 e. The number of benzene rings is 2. The van der Waals surface area contributed by atoms with Crippen LogP contribution in [0.3, 0.4) is 0 Å². The lowest BCUT2D eigenvalue weighted by Crippen LogP contribution is -2.34. The number of ether oxygens (including phenoxy) is 2.